The molecular formula is C17H27N3O. The molecule has 1 aromatic carbocycles. The van der Waals surface area contributed by atoms with Gasteiger partial charge in [0.25, 0.3) is 0 Å². The van der Waals surface area contributed by atoms with Crippen LogP contribution >= 0.6 is 0 Å². The second-order valence-corrected chi connectivity index (χ2v) is 6.12. The molecule has 0 aromatic heterocycles. The van der Waals surface area contributed by atoms with E-state index in [-0.39, 0.29) is 0 Å². The number of rotatable bonds is 7. The average molecular weight is 289 g/mol. The Labute approximate surface area is 127 Å². The maximum absolute atomic E-state index is 5.87. The van der Waals surface area contributed by atoms with E-state index in [1.165, 1.54) is 39.0 Å². The fraction of sp³-hybridized carbons (Fsp3) is 0.647. The molecular weight excluding hydrogens is 262 g/mol. The molecule has 2 N–H and O–H groups in total. The van der Waals surface area contributed by atoms with Gasteiger partial charge in [0.1, 0.15) is 5.75 Å². The van der Waals surface area contributed by atoms with E-state index in [4.69, 9.17) is 10.5 Å². The lowest BCUT2D eigenvalue weighted by Gasteiger charge is -2.34. The fourth-order valence-corrected chi connectivity index (χ4v) is 3.08. The van der Waals surface area contributed by atoms with Gasteiger partial charge in [-0.05, 0) is 25.3 Å². The zero-order valence-electron chi connectivity index (χ0n) is 12.8. The molecule has 4 heteroatoms. The third-order valence-electron chi connectivity index (χ3n) is 4.54. The fourth-order valence-electron chi connectivity index (χ4n) is 3.08. The van der Waals surface area contributed by atoms with Gasteiger partial charge in [0.05, 0.1) is 6.61 Å². The standard InChI is InChI=1S/C17H27N3O/c18-14-15-4-1-2-5-17(15)21-13-3-8-19-9-11-20(12-10-19)16-6-7-16/h1-2,4-5,16H,3,6-14,18H2. The lowest BCUT2D eigenvalue weighted by atomic mass is 10.2. The molecule has 0 bridgehead atoms. The largest absolute Gasteiger partial charge is 0.493 e. The SMILES string of the molecule is NCc1ccccc1OCCCN1CCN(C2CC2)CC1. The van der Waals surface area contributed by atoms with Gasteiger partial charge in [-0.3, -0.25) is 4.90 Å². The summed E-state index contributed by atoms with van der Waals surface area (Å²) in [4.78, 5) is 5.22. The molecule has 2 aliphatic rings. The lowest BCUT2D eigenvalue weighted by molar-refractivity contribution is 0.121. The van der Waals surface area contributed by atoms with E-state index < -0.39 is 0 Å². The molecule has 4 nitrogen and oxygen atoms in total. The summed E-state index contributed by atoms with van der Waals surface area (Å²) in [6.07, 6.45) is 3.94. The molecule has 0 spiro atoms. The Morgan fingerprint density at radius 2 is 1.86 bits per heavy atom. The Balaban J connectivity index is 1.33. The van der Waals surface area contributed by atoms with Crippen LogP contribution in [0.4, 0.5) is 0 Å². The molecule has 1 saturated carbocycles. The molecule has 21 heavy (non-hydrogen) atoms. The monoisotopic (exact) mass is 289 g/mol. The summed E-state index contributed by atoms with van der Waals surface area (Å²) in [6.45, 7) is 7.40. The van der Waals surface area contributed by atoms with Gasteiger partial charge in [0.15, 0.2) is 0 Å². The number of ether oxygens (including phenoxy) is 1. The van der Waals surface area contributed by atoms with Crippen molar-refractivity contribution in [3.8, 4) is 5.75 Å². The van der Waals surface area contributed by atoms with Crippen LogP contribution in [0.2, 0.25) is 0 Å². The first-order valence-corrected chi connectivity index (χ1v) is 8.24. The van der Waals surface area contributed by atoms with Crippen molar-refractivity contribution >= 4 is 0 Å². The number of hydrogen-bond donors (Lipinski definition) is 1. The van der Waals surface area contributed by atoms with E-state index in [0.29, 0.717) is 6.54 Å². The summed E-state index contributed by atoms with van der Waals surface area (Å²) in [5.41, 5.74) is 6.81. The summed E-state index contributed by atoms with van der Waals surface area (Å²) in [5, 5.41) is 0. The van der Waals surface area contributed by atoms with E-state index in [0.717, 1.165) is 36.9 Å². The van der Waals surface area contributed by atoms with Crippen LogP contribution in [-0.4, -0.2) is 55.2 Å². The van der Waals surface area contributed by atoms with Crippen molar-refractivity contribution in [1.82, 2.24) is 9.80 Å². The summed E-state index contributed by atoms with van der Waals surface area (Å²) in [5.74, 6) is 0.943. The van der Waals surface area contributed by atoms with Crippen molar-refractivity contribution in [1.29, 1.82) is 0 Å². The smallest absolute Gasteiger partial charge is 0.123 e. The van der Waals surface area contributed by atoms with Crippen LogP contribution in [0.15, 0.2) is 24.3 Å². The normalized spacial score (nSPS) is 20.6. The van der Waals surface area contributed by atoms with Crippen LogP contribution < -0.4 is 10.5 Å². The molecule has 116 valence electrons. The van der Waals surface area contributed by atoms with E-state index in [9.17, 15) is 0 Å². The molecule has 0 radical (unpaired) electrons. The minimum Gasteiger partial charge on any atom is -0.493 e. The Kier molecular flexibility index (Phi) is 5.12. The van der Waals surface area contributed by atoms with Crippen molar-refractivity contribution in [2.24, 2.45) is 5.73 Å². The van der Waals surface area contributed by atoms with Gasteiger partial charge in [-0.1, -0.05) is 18.2 Å². The van der Waals surface area contributed by atoms with Gasteiger partial charge >= 0.3 is 0 Å². The topological polar surface area (TPSA) is 41.7 Å². The van der Waals surface area contributed by atoms with Gasteiger partial charge in [-0.15, -0.1) is 0 Å². The third-order valence-corrected chi connectivity index (χ3v) is 4.54. The molecule has 1 aliphatic heterocycles. The summed E-state index contributed by atoms with van der Waals surface area (Å²) in [7, 11) is 0. The molecule has 3 rings (SSSR count). The molecule has 1 heterocycles. The molecule has 1 aliphatic carbocycles. The second-order valence-electron chi connectivity index (χ2n) is 6.12. The summed E-state index contributed by atoms with van der Waals surface area (Å²) >= 11 is 0. The lowest BCUT2D eigenvalue weighted by Crippen LogP contribution is -2.47. The van der Waals surface area contributed by atoms with Gasteiger partial charge in [0, 0.05) is 50.9 Å². The predicted molar refractivity (Wildman–Crippen MR) is 85.5 cm³/mol. The highest BCUT2D eigenvalue weighted by molar-refractivity contribution is 5.32. The Hall–Kier alpha value is -1.10. The number of piperazine rings is 1. The maximum atomic E-state index is 5.87. The first-order chi connectivity index (χ1) is 10.4. The first kappa shape index (κ1) is 14.8. The Morgan fingerprint density at radius 1 is 1.10 bits per heavy atom. The minimum absolute atomic E-state index is 0.541. The van der Waals surface area contributed by atoms with Crippen LogP contribution in [0.3, 0.4) is 0 Å². The zero-order valence-corrected chi connectivity index (χ0v) is 12.8. The van der Waals surface area contributed by atoms with Crippen LogP contribution in [0.1, 0.15) is 24.8 Å². The Bertz CT molecular complexity index is 439. The van der Waals surface area contributed by atoms with Gasteiger partial charge < -0.3 is 15.4 Å². The van der Waals surface area contributed by atoms with Crippen molar-refractivity contribution in [3.63, 3.8) is 0 Å². The predicted octanol–water partition coefficient (Wildman–Crippen LogP) is 1.69. The van der Waals surface area contributed by atoms with Crippen LogP contribution in [-0.2, 0) is 6.54 Å². The molecule has 0 amide bonds. The van der Waals surface area contributed by atoms with E-state index >= 15 is 0 Å². The van der Waals surface area contributed by atoms with Crippen LogP contribution in [0.25, 0.3) is 0 Å². The molecule has 1 aromatic rings. The van der Waals surface area contributed by atoms with E-state index in [1.807, 2.05) is 24.3 Å². The van der Waals surface area contributed by atoms with Crippen molar-refractivity contribution < 1.29 is 4.74 Å². The summed E-state index contributed by atoms with van der Waals surface area (Å²) in [6, 6.07) is 8.98. The minimum atomic E-state index is 0.541. The van der Waals surface area contributed by atoms with Gasteiger partial charge in [0.2, 0.25) is 0 Å². The number of para-hydroxylation sites is 1. The zero-order chi connectivity index (χ0) is 14.5. The van der Waals surface area contributed by atoms with E-state index in [1.54, 1.807) is 0 Å². The van der Waals surface area contributed by atoms with Gasteiger partial charge in [-0.2, -0.15) is 0 Å². The highest BCUT2D eigenvalue weighted by Gasteiger charge is 2.30. The first-order valence-electron chi connectivity index (χ1n) is 8.24. The molecule has 0 atom stereocenters. The molecule has 1 saturated heterocycles. The van der Waals surface area contributed by atoms with E-state index in [2.05, 4.69) is 9.80 Å². The average Bonchev–Trinajstić information content (AvgIpc) is 3.37. The van der Waals surface area contributed by atoms with Crippen LogP contribution in [0, 0.1) is 0 Å². The van der Waals surface area contributed by atoms with Crippen LogP contribution in [0.5, 0.6) is 5.75 Å². The highest BCUT2D eigenvalue weighted by atomic mass is 16.5. The van der Waals surface area contributed by atoms with Crippen molar-refractivity contribution in [2.75, 3.05) is 39.3 Å². The number of nitrogens with two attached hydrogens (primary N) is 1. The Morgan fingerprint density at radius 3 is 2.57 bits per heavy atom. The quantitative estimate of drug-likeness (QED) is 0.776. The number of benzene rings is 1. The molecule has 0 unspecified atom stereocenters. The molecule has 2 fully saturated rings. The maximum Gasteiger partial charge on any atom is 0.123 e. The second kappa shape index (κ2) is 7.25. The summed E-state index contributed by atoms with van der Waals surface area (Å²) < 4.78 is 5.87. The van der Waals surface area contributed by atoms with Gasteiger partial charge in [-0.25, -0.2) is 0 Å². The van der Waals surface area contributed by atoms with Crippen molar-refractivity contribution in [3.05, 3.63) is 29.8 Å². The number of nitrogens with zero attached hydrogens (tertiary/aromatic N) is 2. The number of hydrogen-bond acceptors (Lipinski definition) is 4. The highest BCUT2D eigenvalue weighted by Crippen LogP contribution is 2.27. The van der Waals surface area contributed by atoms with Crippen molar-refractivity contribution in [2.45, 2.75) is 31.8 Å². The third kappa shape index (κ3) is 4.19.